The zero-order valence-corrected chi connectivity index (χ0v) is 13.3. The normalized spacial score (nSPS) is 11.1. The van der Waals surface area contributed by atoms with Crippen molar-refractivity contribution in [3.05, 3.63) is 48.7 Å². The summed E-state index contributed by atoms with van der Waals surface area (Å²) in [5, 5.41) is 8.93. The third-order valence-corrected chi connectivity index (χ3v) is 3.74. The van der Waals surface area contributed by atoms with E-state index in [2.05, 4.69) is 20.2 Å². The first-order valence-corrected chi connectivity index (χ1v) is 7.43. The van der Waals surface area contributed by atoms with Crippen molar-refractivity contribution in [1.82, 2.24) is 29.9 Å². The molecule has 8 nitrogen and oxygen atoms in total. The lowest BCUT2D eigenvalue weighted by molar-refractivity contribution is 0.383. The van der Waals surface area contributed by atoms with Crippen molar-refractivity contribution in [2.45, 2.75) is 6.54 Å². The molecule has 0 saturated heterocycles. The van der Waals surface area contributed by atoms with Gasteiger partial charge in [-0.2, -0.15) is 5.10 Å². The lowest BCUT2D eigenvalue weighted by atomic mass is 10.2. The summed E-state index contributed by atoms with van der Waals surface area (Å²) in [6.45, 7) is 0.549. The Bertz CT molecular complexity index is 963. The van der Waals surface area contributed by atoms with E-state index in [9.17, 15) is 0 Å². The molecule has 0 radical (unpaired) electrons. The summed E-state index contributed by atoms with van der Waals surface area (Å²) in [6, 6.07) is 5.63. The number of hydrogen-bond donors (Lipinski definition) is 0. The minimum atomic E-state index is 0.549. The number of rotatable bonds is 4. The predicted molar refractivity (Wildman–Crippen MR) is 88.1 cm³/mol. The standard InChI is InChI=1S/C16H15N7O/c1-22(10-12-5-7-19-24-12)15-13-9-18-23(2)16(13)21-14(20-15)11-4-3-6-17-8-11/h3-9H,10H2,1-2H3. The summed E-state index contributed by atoms with van der Waals surface area (Å²) in [6.07, 6.45) is 6.87. The van der Waals surface area contributed by atoms with Crippen molar-refractivity contribution in [1.29, 1.82) is 0 Å². The first-order chi connectivity index (χ1) is 11.7. The maximum Gasteiger partial charge on any atom is 0.165 e. The van der Waals surface area contributed by atoms with Crippen LogP contribution in [0.1, 0.15) is 5.76 Å². The second-order valence-electron chi connectivity index (χ2n) is 5.45. The number of fused-ring (bicyclic) bond motifs is 1. The lowest BCUT2D eigenvalue weighted by Gasteiger charge is -2.18. The van der Waals surface area contributed by atoms with Gasteiger partial charge in [-0.1, -0.05) is 5.16 Å². The molecule has 0 atom stereocenters. The van der Waals surface area contributed by atoms with Crippen LogP contribution < -0.4 is 4.90 Å². The van der Waals surface area contributed by atoms with Gasteiger partial charge in [-0.05, 0) is 12.1 Å². The molecule has 0 aliphatic heterocycles. The minimum absolute atomic E-state index is 0.549. The molecule has 8 heteroatoms. The van der Waals surface area contributed by atoms with Crippen LogP contribution in [0.5, 0.6) is 0 Å². The third kappa shape index (κ3) is 2.47. The Morgan fingerprint density at radius 2 is 2.08 bits per heavy atom. The second-order valence-corrected chi connectivity index (χ2v) is 5.45. The van der Waals surface area contributed by atoms with Crippen LogP contribution in [0.15, 0.2) is 47.5 Å². The summed E-state index contributed by atoms with van der Waals surface area (Å²) in [5.74, 6) is 2.15. The van der Waals surface area contributed by atoms with E-state index in [-0.39, 0.29) is 0 Å². The Morgan fingerprint density at radius 3 is 2.83 bits per heavy atom. The average Bonchev–Trinajstić information content (AvgIpc) is 3.25. The first kappa shape index (κ1) is 14.3. The smallest absolute Gasteiger partial charge is 0.165 e. The van der Waals surface area contributed by atoms with Crippen LogP contribution in [0, 0.1) is 0 Å². The second kappa shape index (κ2) is 5.73. The van der Waals surface area contributed by atoms with E-state index in [0.717, 1.165) is 28.2 Å². The molecule has 4 aromatic rings. The topological polar surface area (TPSA) is 85.8 Å². The highest BCUT2D eigenvalue weighted by Gasteiger charge is 2.17. The number of hydrogen-bond acceptors (Lipinski definition) is 7. The van der Waals surface area contributed by atoms with Crippen molar-refractivity contribution in [3.8, 4) is 11.4 Å². The monoisotopic (exact) mass is 321 g/mol. The summed E-state index contributed by atoms with van der Waals surface area (Å²) in [5.41, 5.74) is 1.62. The summed E-state index contributed by atoms with van der Waals surface area (Å²) >= 11 is 0. The zero-order valence-electron chi connectivity index (χ0n) is 13.3. The van der Waals surface area contributed by atoms with Crippen LogP contribution in [0.25, 0.3) is 22.4 Å². The predicted octanol–water partition coefficient (Wildman–Crippen LogP) is 2.05. The molecule has 0 N–H and O–H groups in total. The van der Waals surface area contributed by atoms with E-state index in [1.165, 1.54) is 0 Å². The quantitative estimate of drug-likeness (QED) is 0.568. The van der Waals surface area contributed by atoms with Gasteiger partial charge >= 0.3 is 0 Å². The number of aryl methyl sites for hydroxylation is 1. The zero-order chi connectivity index (χ0) is 16.5. The molecule has 0 bridgehead atoms. The summed E-state index contributed by atoms with van der Waals surface area (Å²) in [7, 11) is 3.81. The highest BCUT2D eigenvalue weighted by molar-refractivity contribution is 5.88. The van der Waals surface area contributed by atoms with E-state index < -0.39 is 0 Å². The highest BCUT2D eigenvalue weighted by Crippen LogP contribution is 2.27. The molecular formula is C16H15N7O. The van der Waals surface area contributed by atoms with E-state index in [1.807, 2.05) is 37.2 Å². The van der Waals surface area contributed by atoms with Crippen molar-refractivity contribution < 1.29 is 4.52 Å². The fraction of sp³-hybridized carbons (Fsp3) is 0.188. The van der Waals surface area contributed by atoms with Gasteiger partial charge in [-0.15, -0.1) is 0 Å². The molecule has 0 amide bonds. The molecule has 24 heavy (non-hydrogen) atoms. The number of anilines is 1. The van der Waals surface area contributed by atoms with Crippen LogP contribution in [0.2, 0.25) is 0 Å². The molecule has 0 spiro atoms. The van der Waals surface area contributed by atoms with Gasteiger partial charge in [0.25, 0.3) is 0 Å². The van der Waals surface area contributed by atoms with E-state index in [1.54, 1.807) is 29.5 Å². The largest absolute Gasteiger partial charge is 0.360 e. The average molecular weight is 321 g/mol. The molecule has 4 heterocycles. The van der Waals surface area contributed by atoms with Crippen molar-refractivity contribution in [3.63, 3.8) is 0 Å². The summed E-state index contributed by atoms with van der Waals surface area (Å²) < 4.78 is 6.93. The number of aromatic nitrogens is 6. The number of nitrogens with zero attached hydrogens (tertiary/aromatic N) is 7. The Balaban J connectivity index is 1.84. The van der Waals surface area contributed by atoms with Gasteiger partial charge in [0.05, 0.1) is 24.3 Å². The molecule has 0 aliphatic carbocycles. The maximum absolute atomic E-state index is 5.19. The maximum atomic E-state index is 5.19. The van der Waals surface area contributed by atoms with Crippen molar-refractivity contribution >= 4 is 16.9 Å². The van der Waals surface area contributed by atoms with Gasteiger partial charge < -0.3 is 9.42 Å². The minimum Gasteiger partial charge on any atom is -0.360 e. The molecule has 0 unspecified atom stereocenters. The van der Waals surface area contributed by atoms with Crippen LogP contribution in [-0.4, -0.2) is 36.9 Å². The molecule has 120 valence electrons. The fourth-order valence-corrected chi connectivity index (χ4v) is 2.55. The first-order valence-electron chi connectivity index (χ1n) is 7.43. The van der Waals surface area contributed by atoms with Gasteiger partial charge in [0.15, 0.2) is 17.2 Å². The van der Waals surface area contributed by atoms with Gasteiger partial charge in [0.2, 0.25) is 0 Å². The van der Waals surface area contributed by atoms with E-state index in [0.29, 0.717) is 12.4 Å². The molecule has 4 rings (SSSR count). The SMILES string of the molecule is CN(Cc1ccno1)c1nc(-c2cccnc2)nc2c1cnn2C. The van der Waals surface area contributed by atoms with Gasteiger partial charge in [0.1, 0.15) is 5.82 Å². The van der Waals surface area contributed by atoms with Crippen LogP contribution in [0.4, 0.5) is 5.82 Å². The van der Waals surface area contributed by atoms with E-state index >= 15 is 0 Å². The van der Waals surface area contributed by atoms with Crippen LogP contribution in [-0.2, 0) is 13.6 Å². The van der Waals surface area contributed by atoms with Gasteiger partial charge in [0, 0.05) is 38.1 Å². The molecule has 4 aromatic heterocycles. The van der Waals surface area contributed by atoms with Crippen LogP contribution >= 0.6 is 0 Å². The lowest BCUT2D eigenvalue weighted by Crippen LogP contribution is -2.18. The van der Waals surface area contributed by atoms with E-state index in [4.69, 9.17) is 9.51 Å². The Morgan fingerprint density at radius 1 is 1.17 bits per heavy atom. The van der Waals surface area contributed by atoms with Crippen molar-refractivity contribution in [2.24, 2.45) is 7.05 Å². The molecular weight excluding hydrogens is 306 g/mol. The molecule has 0 saturated carbocycles. The molecule has 0 aliphatic rings. The summed E-state index contributed by atoms with van der Waals surface area (Å²) in [4.78, 5) is 15.5. The number of pyridine rings is 1. The van der Waals surface area contributed by atoms with Gasteiger partial charge in [-0.25, -0.2) is 9.97 Å². The Kier molecular flexibility index (Phi) is 3.42. The van der Waals surface area contributed by atoms with Crippen molar-refractivity contribution in [2.75, 3.05) is 11.9 Å². The van der Waals surface area contributed by atoms with Crippen LogP contribution in [0.3, 0.4) is 0 Å². The Labute approximate surface area is 137 Å². The Hall–Kier alpha value is -3.29. The molecule has 0 aromatic carbocycles. The highest BCUT2D eigenvalue weighted by atomic mass is 16.5. The molecule has 0 fully saturated rings. The van der Waals surface area contributed by atoms with Gasteiger partial charge in [-0.3, -0.25) is 9.67 Å². The fourth-order valence-electron chi connectivity index (χ4n) is 2.55. The third-order valence-electron chi connectivity index (χ3n) is 3.74.